The van der Waals surface area contributed by atoms with E-state index in [1.807, 2.05) is 38.1 Å². The lowest BCUT2D eigenvalue weighted by molar-refractivity contribution is 0.0939. The number of anilines is 1. The molecule has 1 atom stereocenters. The van der Waals surface area contributed by atoms with Crippen LogP contribution in [0.3, 0.4) is 0 Å². The number of rotatable bonds is 3. The Morgan fingerprint density at radius 1 is 1.20 bits per heavy atom. The van der Waals surface area contributed by atoms with Gasteiger partial charge in [-0.3, -0.25) is 4.79 Å². The molecule has 0 radical (unpaired) electrons. The van der Waals surface area contributed by atoms with Gasteiger partial charge in [-0.2, -0.15) is 0 Å². The summed E-state index contributed by atoms with van der Waals surface area (Å²) in [6, 6.07) is 13.1. The monoisotopic (exact) mass is 332 g/mol. The van der Waals surface area contributed by atoms with Gasteiger partial charge in [-0.25, -0.2) is 0 Å². The van der Waals surface area contributed by atoms with Crippen molar-refractivity contribution in [1.82, 2.24) is 5.32 Å². The molecule has 0 aromatic heterocycles. The third kappa shape index (κ3) is 3.02. The van der Waals surface area contributed by atoms with Gasteiger partial charge >= 0.3 is 0 Å². The SMILES string of the molecule is Cc1c(N)cccc1C(=O)N[C@H](C)c1ccccc1Br. The van der Waals surface area contributed by atoms with Crippen molar-refractivity contribution in [2.45, 2.75) is 19.9 Å². The lowest BCUT2D eigenvalue weighted by Crippen LogP contribution is -2.27. The van der Waals surface area contributed by atoms with Crippen molar-refractivity contribution in [3.05, 3.63) is 63.6 Å². The van der Waals surface area contributed by atoms with Crippen LogP contribution in [0.2, 0.25) is 0 Å². The van der Waals surface area contributed by atoms with Gasteiger partial charge in [0, 0.05) is 15.7 Å². The maximum absolute atomic E-state index is 12.3. The fourth-order valence-corrected chi connectivity index (χ4v) is 2.71. The molecule has 0 aliphatic heterocycles. The van der Waals surface area contributed by atoms with Gasteiger partial charge in [0.25, 0.3) is 5.91 Å². The van der Waals surface area contributed by atoms with Crippen LogP contribution >= 0.6 is 15.9 Å². The standard InChI is InChI=1S/C16H17BrN2O/c1-10-12(7-5-9-15(10)18)16(20)19-11(2)13-6-3-4-8-14(13)17/h3-9,11H,18H2,1-2H3,(H,19,20)/t11-/m1/s1. The van der Waals surface area contributed by atoms with E-state index in [2.05, 4.69) is 21.2 Å². The fourth-order valence-electron chi connectivity index (χ4n) is 2.08. The predicted octanol–water partition coefficient (Wildman–Crippen LogP) is 3.83. The van der Waals surface area contributed by atoms with Crippen molar-refractivity contribution < 1.29 is 4.79 Å². The molecule has 0 bridgehead atoms. The Morgan fingerprint density at radius 2 is 1.90 bits per heavy atom. The lowest BCUT2D eigenvalue weighted by atomic mass is 10.0. The van der Waals surface area contributed by atoms with Gasteiger partial charge in [-0.15, -0.1) is 0 Å². The summed E-state index contributed by atoms with van der Waals surface area (Å²) in [5, 5.41) is 3.00. The maximum Gasteiger partial charge on any atom is 0.252 e. The summed E-state index contributed by atoms with van der Waals surface area (Å²) in [6.45, 7) is 3.81. The second-order valence-electron chi connectivity index (χ2n) is 4.74. The van der Waals surface area contributed by atoms with E-state index in [1.54, 1.807) is 18.2 Å². The molecule has 4 heteroatoms. The van der Waals surface area contributed by atoms with E-state index in [9.17, 15) is 4.79 Å². The Bertz CT molecular complexity index is 640. The second kappa shape index (κ2) is 6.09. The number of amides is 1. The first-order chi connectivity index (χ1) is 9.50. The summed E-state index contributed by atoms with van der Waals surface area (Å²) >= 11 is 3.50. The Hall–Kier alpha value is -1.81. The van der Waals surface area contributed by atoms with Gasteiger partial charge in [0.15, 0.2) is 0 Å². The topological polar surface area (TPSA) is 55.1 Å². The van der Waals surface area contributed by atoms with E-state index in [0.29, 0.717) is 11.3 Å². The average Bonchev–Trinajstić information content (AvgIpc) is 2.42. The molecule has 104 valence electrons. The van der Waals surface area contributed by atoms with E-state index < -0.39 is 0 Å². The lowest BCUT2D eigenvalue weighted by Gasteiger charge is -2.17. The minimum Gasteiger partial charge on any atom is -0.398 e. The largest absolute Gasteiger partial charge is 0.398 e. The minimum absolute atomic E-state index is 0.0843. The van der Waals surface area contributed by atoms with Crippen LogP contribution in [0.15, 0.2) is 46.9 Å². The molecule has 3 nitrogen and oxygen atoms in total. The number of carbonyl (C=O) groups is 1. The number of hydrogen-bond donors (Lipinski definition) is 2. The molecule has 0 aliphatic rings. The highest BCUT2D eigenvalue weighted by atomic mass is 79.9. The van der Waals surface area contributed by atoms with Gasteiger partial charge in [-0.1, -0.05) is 40.2 Å². The van der Waals surface area contributed by atoms with Crippen LogP contribution in [-0.2, 0) is 0 Å². The number of nitrogens with two attached hydrogens (primary N) is 1. The predicted molar refractivity (Wildman–Crippen MR) is 85.6 cm³/mol. The van der Waals surface area contributed by atoms with Crippen molar-refractivity contribution >= 4 is 27.5 Å². The Labute approximate surface area is 127 Å². The fraction of sp³-hybridized carbons (Fsp3) is 0.188. The van der Waals surface area contributed by atoms with Gasteiger partial charge in [0.1, 0.15) is 0 Å². The van der Waals surface area contributed by atoms with Gasteiger partial charge in [0.2, 0.25) is 0 Å². The molecular formula is C16H17BrN2O. The highest BCUT2D eigenvalue weighted by Crippen LogP contribution is 2.23. The first-order valence-corrected chi connectivity index (χ1v) is 7.20. The first kappa shape index (κ1) is 14.6. The highest BCUT2D eigenvalue weighted by Gasteiger charge is 2.15. The second-order valence-corrected chi connectivity index (χ2v) is 5.59. The molecule has 0 saturated carbocycles. The number of benzene rings is 2. The Morgan fingerprint density at radius 3 is 2.60 bits per heavy atom. The smallest absolute Gasteiger partial charge is 0.252 e. The molecule has 0 heterocycles. The molecule has 0 saturated heterocycles. The van der Waals surface area contributed by atoms with Crippen LogP contribution in [0.25, 0.3) is 0 Å². The van der Waals surface area contributed by atoms with Crippen molar-refractivity contribution in [2.75, 3.05) is 5.73 Å². The van der Waals surface area contributed by atoms with Crippen LogP contribution in [0, 0.1) is 6.92 Å². The third-order valence-corrected chi connectivity index (χ3v) is 4.06. The number of hydrogen-bond acceptors (Lipinski definition) is 2. The molecule has 3 N–H and O–H groups in total. The molecule has 2 rings (SSSR count). The summed E-state index contributed by atoms with van der Waals surface area (Å²) in [7, 11) is 0. The van der Waals surface area contributed by atoms with Crippen LogP contribution in [-0.4, -0.2) is 5.91 Å². The van der Waals surface area contributed by atoms with E-state index in [-0.39, 0.29) is 11.9 Å². The number of nitrogen functional groups attached to an aromatic ring is 1. The summed E-state index contributed by atoms with van der Waals surface area (Å²) in [6.07, 6.45) is 0. The molecule has 2 aromatic carbocycles. The minimum atomic E-state index is -0.113. The maximum atomic E-state index is 12.3. The van der Waals surface area contributed by atoms with Crippen LogP contribution in [0.4, 0.5) is 5.69 Å². The van der Waals surface area contributed by atoms with Crippen LogP contribution in [0.5, 0.6) is 0 Å². The molecular weight excluding hydrogens is 316 g/mol. The molecule has 20 heavy (non-hydrogen) atoms. The van der Waals surface area contributed by atoms with Crippen LogP contribution < -0.4 is 11.1 Å². The highest BCUT2D eigenvalue weighted by molar-refractivity contribution is 9.10. The van der Waals surface area contributed by atoms with E-state index >= 15 is 0 Å². The molecule has 0 fully saturated rings. The number of carbonyl (C=O) groups excluding carboxylic acids is 1. The first-order valence-electron chi connectivity index (χ1n) is 6.41. The van der Waals surface area contributed by atoms with Crippen LogP contribution in [0.1, 0.15) is 34.5 Å². The molecule has 1 amide bonds. The van der Waals surface area contributed by atoms with E-state index in [4.69, 9.17) is 5.73 Å². The summed E-state index contributed by atoms with van der Waals surface area (Å²) in [5.41, 5.74) is 8.94. The summed E-state index contributed by atoms with van der Waals surface area (Å²) < 4.78 is 0.983. The summed E-state index contributed by atoms with van der Waals surface area (Å²) in [5.74, 6) is -0.113. The van der Waals surface area contributed by atoms with Gasteiger partial charge in [-0.05, 0) is 43.2 Å². The molecule has 2 aromatic rings. The van der Waals surface area contributed by atoms with Gasteiger partial charge in [0.05, 0.1) is 6.04 Å². The average molecular weight is 333 g/mol. The third-order valence-electron chi connectivity index (χ3n) is 3.34. The number of nitrogens with one attached hydrogen (secondary N) is 1. The van der Waals surface area contributed by atoms with Crippen molar-refractivity contribution in [1.29, 1.82) is 0 Å². The molecule has 0 aliphatic carbocycles. The van der Waals surface area contributed by atoms with Crippen molar-refractivity contribution in [3.63, 3.8) is 0 Å². The zero-order valence-corrected chi connectivity index (χ0v) is 13.1. The number of halogens is 1. The van der Waals surface area contributed by atoms with E-state index in [0.717, 1.165) is 15.6 Å². The van der Waals surface area contributed by atoms with Crippen molar-refractivity contribution in [2.24, 2.45) is 0 Å². The normalized spacial score (nSPS) is 11.9. The quantitative estimate of drug-likeness (QED) is 0.839. The molecule has 0 spiro atoms. The Kier molecular flexibility index (Phi) is 4.45. The van der Waals surface area contributed by atoms with Crippen molar-refractivity contribution in [3.8, 4) is 0 Å². The molecule has 0 unspecified atom stereocenters. The zero-order valence-electron chi connectivity index (χ0n) is 11.5. The summed E-state index contributed by atoms with van der Waals surface area (Å²) in [4.78, 5) is 12.3. The van der Waals surface area contributed by atoms with Gasteiger partial charge < -0.3 is 11.1 Å². The Balaban J connectivity index is 2.20. The zero-order chi connectivity index (χ0) is 14.7. The van der Waals surface area contributed by atoms with E-state index in [1.165, 1.54) is 0 Å².